The first-order chi connectivity index (χ1) is 16.9. The van der Waals surface area contributed by atoms with Crippen LogP contribution in [-0.4, -0.2) is 10.9 Å². The Morgan fingerprint density at radius 2 is 1.74 bits per heavy atom. The molecule has 0 spiro atoms. The van der Waals surface area contributed by atoms with Gasteiger partial charge in [-0.1, -0.05) is 42.5 Å². The lowest BCUT2D eigenvalue weighted by Gasteiger charge is -2.08. The molecule has 0 saturated heterocycles. The largest absolute Gasteiger partial charge is 0.461 e. The van der Waals surface area contributed by atoms with Crippen LogP contribution in [0.25, 0.3) is 22.1 Å². The van der Waals surface area contributed by atoms with E-state index in [0.29, 0.717) is 28.2 Å². The Balaban J connectivity index is 1.44. The van der Waals surface area contributed by atoms with Gasteiger partial charge in [0.25, 0.3) is 5.91 Å². The molecule has 0 radical (unpaired) electrons. The van der Waals surface area contributed by atoms with Crippen LogP contribution in [-0.2, 0) is 12.6 Å². The zero-order valence-corrected chi connectivity index (χ0v) is 18.3. The van der Waals surface area contributed by atoms with E-state index in [2.05, 4.69) is 10.3 Å². The minimum atomic E-state index is -4.40. The number of amides is 1. The molecule has 7 heteroatoms. The second-order valence-corrected chi connectivity index (χ2v) is 8.08. The molecular formula is C28H19F3N2O2. The van der Waals surface area contributed by atoms with Gasteiger partial charge in [0.1, 0.15) is 11.3 Å². The molecule has 0 saturated carbocycles. The van der Waals surface area contributed by atoms with E-state index in [-0.39, 0.29) is 12.3 Å². The summed E-state index contributed by atoms with van der Waals surface area (Å²) in [6, 6.07) is 23.4. The Morgan fingerprint density at radius 3 is 2.54 bits per heavy atom. The van der Waals surface area contributed by atoms with Crippen LogP contribution < -0.4 is 5.32 Å². The van der Waals surface area contributed by atoms with Gasteiger partial charge in [-0.05, 0) is 59.2 Å². The summed E-state index contributed by atoms with van der Waals surface area (Å²) in [4.78, 5) is 16.7. The average molecular weight is 472 g/mol. The van der Waals surface area contributed by atoms with Crippen molar-refractivity contribution in [2.45, 2.75) is 12.6 Å². The summed E-state index contributed by atoms with van der Waals surface area (Å²) in [6.45, 7) is 0. The van der Waals surface area contributed by atoms with Crippen LogP contribution in [0.5, 0.6) is 0 Å². The third kappa shape index (κ3) is 4.94. The first kappa shape index (κ1) is 22.4. The molecule has 0 aliphatic heterocycles. The molecule has 174 valence electrons. The molecule has 0 unspecified atom stereocenters. The fourth-order valence-corrected chi connectivity index (χ4v) is 3.98. The molecule has 0 atom stereocenters. The summed E-state index contributed by atoms with van der Waals surface area (Å²) >= 11 is 0. The number of pyridine rings is 1. The third-order valence-electron chi connectivity index (χ3n) is 5.60. The van der Waals surface area contributed by atoms with Crippen LogP contribution >= 0.6 is 0 Å². The van der Waals surface area contributed by atoms with Crippen LogP contribution in [0.3, 0.4) is 0 Å². The monoisotopic (exact) mass is 472 g/mol. The second-order valence-electron chi connectivity index (χ2n) is 8.08. The normalized spacial score (nSPS) is 11.5. The number of nitrogens with zero attached hydrogens (tertiary/aromatic N) is 1. The van der Waals surface area contributed by atoms with Crippen molar-refractivity contribution in [3.63, 3.8) is 0 Å². The number of fused-ring (bicyclic) bond motifs is 1. The molecule has 4 nitrogen and oxygen atoms in total. The Kier molecular flexibility index (Phi) is 5.82. The lowest BCUT2D eigenvalue weighted by molar-refractivity contribution is -0.137. The van der Waals surface area contributed by atoms with Gasteiger partial charge in [0, 0.05) is 23.6 Å². The molecular weight excluding hydrogens is 453 g/mol. The van der Waals surface area contributed by atoms with Crippen LogP contribution in [0.1, 0.15) is 27.2 Å². The van der Waals surface area contributed by atoms with Crippen molar-refractivity contribution in [3.8, 4) is 11.1 Å². The Labute approximate surface area is 199 Å². The first-order valence-electron chi connectivity index (χ1n) is 10.9. The fourth-order valence-electron chi connectivity index (χ4n) is 3.98. The Bertz CT molecular complexity index is 1510. The van der Waals surface area contributed by atoms with Gasteiger partial charge in [0.05, 0.1) is 17.4 Å². The van der Waals surface area contributed by atoms with Crippen molar-refractivity contribution >= 4 is 22.6 Å². The minimum Gasteiger partial charge on any atom is -0.461 e. The van der Waals surface area contributed by atoms with Gasteiger partial charge in [-0.2, -0.15) is 13.2 Å². The van der Waals surface area contributed by atoms with Crippen LogP contribution in [0.15, 0.2) is 102 Å². The van der Waals surface area contributed by atoms with Gasteiger partial charge in [0.15, 0.2) is 0 Å². The number of nitrogens with one attached hydrogen (secondary N) is 1. The molecule has 0 aliphatic rings. The molecule has 1 amide bonds. The van der Waals surface area contributed by atoms with Crippen LogP contribution in [0.2, 0.25) is 0 Å². The summed E-state index contributed by atoms with van der Waals surface area (Å²) in [5, 5.41) is 3.64. The molecule has 3 aromatic carbocycles. The lowest BCUT2D eigenvalue weighted by Crippen LogP contribution is -2.11. The van der Waals surface area contributed by atoms with Crippen molar-refractivity contribution in [2.24, 2.45) is 0 Å². The zero-order valence-electron chi connectivity index (χ0n) is 18.3. The Morgan fingerprint density at radius 1 is 0.914 bits per heavy atom. The molecule has 0 fully saturated rings. The van der Waals surface area contributed by atoms with Gasteiger partial charge >= 0.3 is 6.18 Å². The number of hydrogen-bond acceptors (Lipinski definition) is 3. The number of anilines is 1. The molecule has 35 heavy (non-hydrogen) atoms. The number of furan rings is 1. The number of aromatic nitrogens is 1. The number of carbonyl (C=O) groups is 1. The lowest BCUT2D eigenvalue weighted by atomic mass is 9.99. The van der Waals surface area contributed by atoms with Crippen molar-refractivity contribution < 1.29 is 22.4 Å². The Hall–Kier alpha value is -4.39. The molecule has 2 heterocycles. The highest BCUT2D eigenvalue weighted by atomic mass is 19.4. The van der Waals surface area contributed by atoms with E-state index in [1.54, 1.807) is 48.8 Å². The summed E-state index contributed by atoms with van der Waals surface area (Å²) in [5.41, 5.74) is 3.20. The van der Waals surface area contributed by atoms with E-state index < -0.39 is 11.7 Å². The van der Waals surface area contributed by atoms with E-state index in [1.807, 2.05) is 30.3 Å². The van der Waals surface area contributed by atoms with Crippen molar-refractivity contribution in [1.29, 1.82) is 0 Å². The SMILES string of the molecule is O=C(Nc1cccnc1)c1cccc(-c2cccc3oc(Cc4cccc(C(F)(F)F)c4)cc23)c1. The van der Waals surface area contributed by atoms with E-state index >= 15 is 0 Å². The number of alkyl halides is 3. The maximum atomic E-state index is 13.1. The van der Waals surface area contributed by atoms with Gasteiger partial charge in [-0.25, -0.2) is 0 Å². The minimum absolute atomic E-state index is 0.228. The van der Waals surface area contributed by atoms with E-state index in [9.17, 15) is 18.0 Å². The second kappa shape index (κ2) is 9.10. The molecule has 5 aromatic rings. The summed E-state index contributed by atoms with van der Waals surface area (Å²) in [5.74, 6) is 0.293. The van der Waals surface area contributed by atoms with Gasteiger partial charge < -0.3 is 9.73 Å². The van der Waals surface area contributed by atoms with E-state index in [4.69, 9.17) is 4.42 Å². The predicted molar refractivity (Wildman–Crippen MR) is 128 cm³/mol. The molecule has 2 aromatic heterocycles. The van der Waals surface area contributed by atoms with Gasteiger partial charge in [-0.15, -0.1) is 0 Å². The van der Waals surface area contributed by atoms with Crippen molar-refractivity contribution in [3.05, 3.63) is 120 Å². The number of rotatable bonds is 5. The smallest absolute Gasteiger partial charge is 0.416 e. The number of hydrogen-bond donors (Lipinski definition) is 1. The maximum absolute atomic E-state index is 13.1. The maximum Gasteiger partial charge on any atom is 0.416 e. The fraction of sp³-hybridized carbons (Fsp3) is 0.0714. The van der Waals surface area contributed by atoms with Gasteiger partial charge in [-0.3, -0.25) is 9.78 Å². The van der Waals surface area contributed by atoms with Gasteiger partial charge in [0.2, 0.25) is 0 Å². The summed E-state index contributed by atoms with van der Waals surface area (Å²) < 4.78 is 45.2. The molecule has 0 aliphatic carbocycles. The zero-order chi connectivity index (χ0) is 24.4. The highest BCUT2D eigenvalue weighted by molar-refractivity contribution is 6.05. The molecule has 1 N–H and O–H groups in total. The third-order valence-corrected chi connectivity index (χ3v) is 5.60. The quantitative estimate of drug-likeness (QED) is 0.291. The first-order valence-corrected chi connectivity index (χ1v) is 10.9. The highest BCUT2D eigenvalue weighted by Crippen LogP contribution is 2.33. The predicted octanol–water partition coefficient (Wildman–Crippen LogP) is 7.36. The van der Waals surface area contributed by atoms with E-state index in [0.717, 1.165) is 28.6 Å². The molecule has 5 rings (SSSR count). The summed E-state index contributed by atoms with van der Waals surface area (Å²) in [6.07, 6.45) is -0.972. The van der Waals surface area contributed by atoms with E-state index in [1.165, 1.54) is 6.07 Å². The standard InChI is InChI=1S/C28H19F3N2O2/c29-28(30,31)21-8-1-5-18(13-21)14-23-16-25-24(10-3-11-26(25)35-23)19-6-2-7-20(15-19)27(34)33-22-9-4-12-32-17-22/h1-13,15-17H,14H2,(H,33,34). The van der Waals surface area contributed by atoms with Crippen molar-refractivity contribution in [1.82, 2.24) is 4.98 Å². The number of halogens is 3. The number of carbonyl (C=O) groups excluding carboxylic acids is 1. The highest BCUT2D eigenvalue weighted by Gasteiger charge is 2.30. The van der Waals surface area contributed by atoms with Crippen molar-refractivity contribution in [2.75, 3.05) is 5.32 Å². The topological polar surface area (TPSA) is 55.1 Å². The summed E-state index contributed by atoms with van der Waals surface area (Å²) in [7, 11) is 0. The average Bonchev–Trinajstić information content (AvgIpc) is 3.27. The van der Waals surface area contributed by atoms with Crippen LogP contribution in [0.4, 0.5) is 18.9 Å². The van der Waals surface area contributed by atoms with Crippen LogP contribution in [0, 0.1) is 0 Å². The number of benzene rings is 3. The molecule has 0 bridgehead atoms.